The van der Waals surface area contributed by atoms with Crippen LogP contribution >= 0.6 is 11.8 Å². The molecule has 1 amide bonds. The van der Waals surface area contributed by atoms with Crippen molar-refractivity contribution in [3.8, 4) is 0 Å². The van der Waals surface area contributed by atoms with Gasteiger partial charge in [0.1, 0.15) is 11.6 Å². The first kappa shape index (κ1) is 25.0. The molecule has 0 bridgehead atoms. The van der Waals surface area contributed by atoms with Crippen molar-refractivity contribution in [3.05, 3.63) is 66.0 Å². The van der Waals surface area contributed by atoms with E-state index in [0.717, 1.165) is 11.3 Å². The van der Waals surface area contributed by atoms with Gasteiger partial charge in [-0.3, -0.25) is 4.79 Å². The number of hydrogen-bond donors (Lipinski definition) is 1. The van der Waals surface area contributed by atoms with Gasteiger partial charge in [0.15, 0.2) is 15.0 Å². The van der Waals surface area contributed by atoms with E-state index in [0.29, 0.717) is 23.9 Å². The molecule has 1 heterocycles. The number of amides is 1. The van der Waals surface area contributed by atoms with Crippen LogP contribution in [0.25, 0.3) is 0 Å². The molecule has 3 aromatic rings. The summed E-state index contributed by atoms with van der Waals surface area (Å²) in [5.41, 5.74) is 1.89. The maximum atomic E-state index is 13.1. The van der Waals surface area contributed by atoms with Crippen molar-refractivity contribution in [1.82, 2.24) is 14.8 Å². The molecule has 0 fully saturated rings. The number of hydrogen-bond acceptors (Lipinski definition) is 6. The van der Waals surface area contributed by atoms with Crippen molar-refractivity contribution < 1.29 is 13.2 Å². The zero-order chi connectivity index (χ0) is 24.0. The van der Waals surface area contributed by atoms with Crippen LogP contribution in [0.3, 0.4) is 0 Å². The van der Waals surface area contributed by atoms with Gasteiger partial charge in [-0.1, -0.05) is 68.9 Å². The van der Waals surface area contributed by atoms with E-state index in [-0.39, 0.29) is 22.5 Å². The maximum Gasteiger partial charge on any atom is 0.237 e. The fourth-order valence-corrected chi connectivity index (χ4v) is 5.82. The second kappa shape index (κ2) is 11.0. The molecule has 0 saturated carbocycles. The van der Waals surface area contributed by atoms with Crippen molar-refractivity contribution in [2.45, 2.75) is 67.6 Å². The molecule has 9 heteroatoms. The molecule has 1 N–H and O–H groups in total. The van der Waals surface area contributed by atoms with Gasteiger partial charge in [-0.05, 0) is 43.0 Å². The largest absolute Gasteiger partial charge is 0.325 e. The standard InChI is InChI=1S/C24H30N4O3S2/c1-5-21(23(29)25-20-15-11-10-14-19(20)17(3)4)32-24-27-26-22(28(24)6-2)16-33(30,31)18-12-8-7-9-13-18/h7-15,17,21H,5-6,16H2,1-4H3,(H,25,29). The van der Waals surface area contributed by atoms with Crippen LogP contribution < -0.4 is 5.32 Å². The molecule has 0 aliphatic heterocycles. The Kier molecular flexibility index (Phi) is 8.31. The van der Waals surface area contributed by atoms with E-state index in [4.69, 9.17) is 0 Å². The third-order valence-electron chi connectivity index (χ3n) is 5.28. The fourth-order valence-electron chi connectivity index (χ4n) is 3.49. The molecule has 176 valence electrons. The van der Waals surface area contributed by atoms with Crippen LogP contribution in [-0.2, 0) is 26.9 Å². The minimum Gasteiger partial charge on any atom is -0.325 e. The molecular formula is C24H30N4O3S2. The molecule has 0 aliphatic carbocycles. The number of sulfone groups is 1. The van der Waals surface area contributed by atoms with E-state index < -0.39 is 15.1 Å². The molecule has 0 aliphatic rings. The Balaban J connectivity index is 1.78. The molecule has 0 spiro atoms. The van der Waals surface area contributed by atoms with Gasteiger partial charge in [0.2, 0.25) is 5.91 Å². The Hall–Kier alpha value is -2.65. The average Bonchev–Trinajstić information content (AvgIpc) is 3.18. The number of nitrogens with zero attached hydrogens (tertiary/aromatic N) is 3. The van der Waals surface area contributed by atoms with Crippen LogP contribution in [-0.4, -0.2) is 34.3 Å². The summed E-state index contributed by atoms with van der Waals surface area (Å²) in [5, 5.41) is 11.6. The first-order chi connectivity index (χ1) is 15.8. The molecule has 0 saturated heterocycles. The summed E-state index contributed by atoms with van der Waals surface area (Å²) in [5.74, 6) is 0.291. The van der Waals surface area contributed by atoms with Crippen molar-refractivity contribution in [2.75, 3.05) is 5.32 Å². The van der Waals surface area contributed by atoms with Crippen molar-refractivity contribution in [2.24, 2.45) is 0 Å². The number of para-hydroxylation sites is 1. The second-order valence-corrected chi connectivity index (χ2v) is 11.1. The number of aromatic nitrogens is 3. The Morgan fingerprint density at radius 2 is 1.70 bits per heavy atom. The summed E-state index contributed by atoms with van der Waals surface area (Å²) in [6.45, 7) is 8.53. The number of anilines is 1. The van der Waals surface area contributed by atoms with Crippen LogP contribution in [0, 0.1) is 0 Å². The lowest BCUT2D eigenvalue weighted by Crippen LogP contribution is -2.25. The number of carbonyl (C=O) groups excluding carboxylic acids is 1. The third-order valence-corrected chi connectivity index (χ3v) is 8.26. The van der Waals surface area contributed by atoms with Crippen LogP contribution in [0.15, 0.2) is 64.6 Å². The van der Waals surface area contributed by atoms with Gasteiger partial charge in [-0.2, -0.15) is 0 Å². The van der Waals surface area contributed by atoms with Crippen LogP contribution in [0.5, 0.6) is 0 Å². The number of carbonyl (C=O) groups is 1. The first-order valence-corrected chi connectivity index (χ1v) is 13.6. The van der Waals surface area contributed by atoms with Crippen molar-refractivity contribution >= 4 is 33.2 Å². The summed E-state index contributed by atoms with van der Waals surface area (Å²) < 4.78 is 27.4. The number of thioether (sulfide) groups is 1. The highest BCUT2D eigenvalue weighted by Crippen LogP contribution is 2.29. The van der Waals surface area contributed by atoms with Gasteiger partial charge in [-0.15, -0.1) is 10.2 Å². The van der Waals surface area contributed by atoms with Crippen LogP contribution in [0.4, 0.5) is 5.69 Å². The second-order valence-electron chi connectivity index (χ2n) is 7.96. The lowest BCUT2D eigenvalue weighted by Gasteiger charge is -2.18. The van der Waals surface area contributed by atoms with E-state index in [9.17, 15) is 13.2 Å². The average molecular weight is 487 g/mol. The molecule has 0 radical (unpaired) electrons. The molecule has 33 heavy (non-hydrogen) atoms. The zero-order valence-corrected chi connectivity index (χ0v) is 21.0. The highest BCUT2D eigenvalue weighted by atomic mass is 32.2. The summed E-state index contributed by atoms with van der Waals surface area (Å²) in [4.78, 5) is 13.3. The van der Waals surface area contributed by atoms with Gasteiger partial charge < -0.3 is 9.88 Å². The monoisotopic (exact) mass is 486 g/mol. The third kappa shape index (κ3) is 6.03. The molecular weight excluding hydrogens is 456 g/mol. The maximum absolute atomic E-state index is 13.1. The summed E-state index contributed by atoms with van der Waals surface area (Å²) in [7, 11) is -3.55. The van der Waals surface area contributed by atoms with Gasteiger partial charge in [0.05, 0.1) is 10.1 Å². The van der Waals surface area contributed by atoms with Crippen molar-refractivity contribution in [3.63, 3.8) is 0 Å². The SMILES string of the molecule is CCC(Sc1nnc(CS(=O)(=O)c2ccccc2)n1CC)C(=O)Nc1ccccc1C(C)C. The highest BCUT2D eigenvalue weighted by molar-refractivity contribution is 8.00. The number of nitrogens with one attached hydrogen (secondary N) is 1. The highest BCUT2D eigenvalue weighted by Gasteiger charge is 2.25. The smallest absolute Gasteiger partial charge is 0.237 e. The van der Waals surface area contributed by atoms with E-state index in [1.807, 2.05) is 38.1 Å². The minimum atomic E-state index is -3.55. The quantitative estimate of drug-likeness (QED) is 0.410. The summed E-state index contributed by atoms with van der Waals surface area (Å²) in [6.07, 6.45) is 0.592. The van der Waals surface area contributed by atoms with E-state index in [1.165, 1.54) is 11.8 Å². The number of rotatable bonds is 10. The molecule has 3 rings (SSSR count). The van der Waals surface area contributed by atoms with Crippen LogP contribution in [0.2, 0.25) is 0 Å². The predicted molar refractivity (Wildman–Crippen MR) is 132 cm³/mol. The van der Waals surface area contributed by atoms with Gasteiger partial charge in [-0.25, -0.2) is 8.42 Å². The first-order valence-electron chi connectivity index (χ1n) is 11.0. The fraction of sp³-hybridized carbons (Fsp3) is 0.375. The van der Waals surface area contributed by atoms with Crippen LogP contribution in [0.1, 0.15) is 51.4 Å². The Morgan fingerprint density at radius 1 is 1.03 bits per heavy atom. The lowest BCUT2D eigenvalue weighted by atomic mass is 10.0. The molecule has 1 unspecified atom stereocenters. The number of benzene rings is 2. The minimum absolute atomic E-state index is 0.111. The molecule has 7 nitrogen and oxygen atoms in total. The summed E-state index contributed by atoms with van der Waals surface area (Å²) in [6, 6.07) is 16.1. The van der Waals surface area contributed by atoms with E-state index in [2.05, 4.69) is 29.4 Å². The normalized spacial score (nSPS) is 12.6. The molecule has 1 atom stereocenters. The van der Waals surface area contributed by atoms with Gasteiger partial charge in [0.25, 0.3) is 0 Å². The Morgan fingerprint density at radius 3 is 2.33 bits per heavy atom. The lowest BCUT2D eigenvalue weighted by molar-refractivity contribution is -0.115. The molecule has 2 aromatic carbocycles. The van der Waals surface area contributed by atoms with Crippen molar-refractivity contribution in [1.29, 1.82) is 0 Å². The predicted octanol–water partition coefficient (Wildman–Crippen LogP) is 4.90. The topological polar surface area (TPSA) is 93.9 Å². The van der Waals surface area contributed by atoms with Gasteiger partial charge >= 0.3 is 0 Å². The summed E-state index contributed by atoms with van der Waals surface area (Å²) >= 11 is 1.31. The Labute approximate surface area is 199 Å². The zero-order valence-electron chi connectivity index (χ0n) is 19.4. The Bertz CT molecular complexity index is 1190. The molecule has 1 aromatic heterocycles. The van der Waals surface area contributed by atoms with E-state index in [1.54, 1.807) is 34.9 Å². The van der Waals surface area contributed by atoms with E-state index >= 15 is 0 Å². The van der Waals surface area contributed by atoms with Gasteiger partial charge in [0, 0.05) is 12.2 Å².